The number of nitrogens with zero attached hydrogens (tertiary/aromatic N) is 10. The Morgan fingerprint density at radius 3 is 1.03 bits per heavy atom. The van der Waals surface area contributed by atoms with E-state index in [1.54, 1.807) is 115 Å². The van der Waals surface area contributed by atoms with E-state index in [0.29, 0.717) is 196 Å². The Kier molecular flexibility index (Phi) is 21.0. The van der Waals surface area contributed by atoms with Gasteiger partial charge in [-0.25, -0.2) is 19.9 Å². The first-order valence-electron chi connectivity index (χ1n) is 45.9. The summed E-state index contributed by atoms with van der Waals surface area (Å²) in [5.41, 5.74) is 3.90. The number of hydrogen-bond donors (Lipinski definition) is 0. The highest BCUT2D eigenvalue weighted by atomic mass is 19.4. The summed E-state index contributed by atoms with van der Waals surface area (Å²) in [7, 11) is 0. The van der Waals surface area contributed by atoms with E-state index in [9.17, 15) is 10.5 Å². The quantitative estimate of drug-likeness (QED) is 0.0943. The molecule has 0 aliphatic heterocycles. The summed E-state index contributed by atoms with van der Waals surface area (Å²) in [6.07, 6.45) is -21.3. The first kappa shape index (κ1) is 88.2. The number of rotatable bonds is 15. The average molecular weight is 1900 g/mol. The van der Waals surface area contributed by atoms with E-state index in [0.717, 1.165) is 22.8 Å². The van der Waals surface area contributed by atoms with Crippen LogP contribution in [-0.2, 0) is 24.7 Å². The van der Waals surface area contributed by atoms with Gasteiger partial charge in [-0.1, -0.05) is 249 Å². The lowest BCUT2D eigenvalue weighted by Gasteiger charge is -2.24. The van der Waals surface area contributed by atoms with E-state index < -0.39 is 63.6 Å². The summed E-state index contributed by atoms with van der Waals surface area (Å²) in [4.78, 5) is 20.9. The van der Waals surface area contributed by atoms with Crippen LogP contribution in [0.2, 0.25) is 0 Å². The first-order chi connectivity index (χ1) is 69.9. The monoisotopic (exact) mass is 1900 g/mol. The third kappa shape index (κ3) is 15.1. The van der Waals surface area contributed by atoms with Gasteiger partial charge >= 0.3 is 24.7 Å². The van der Waals surface area contributed by atoms with Crippen LogP contribution in [0.1, 0.15) is 33.4 Å². The second-order valence-corrected chi connectivity index (χ2v) is 35.3. The molecule has 0 aliphatic rings. The third-order valence-electron chi connectivity index (χ3n) is 27.0. The van der Waals surface area contributed by atoms with Crippen molar-refractivity contribution in [2.45, 2.75) is 24.7 Å². The van der Waals surface area contributed by atoms with E-state index in [-0.39, 0.29) is 45.1 Å². The van der Waals surface area contributed by atoms with Gasteiger partial charge in [0.05, 0.1) is 146 Å². The van der Waals surface area contributed by atoms with Crippen LogP contribution in [0.3, 0.4) is 0 Å². The predicted molar refractivity (Wildman–Crippen MR) is 544 cm³/mol. The molecule has 0 unspecified atom stereocenters. The molecule has 24 aromatic rings. The highest BCUT2D eigenvalue weighted by Crippen LogP contribution is 2.54. The van der Waals surface area contributed by atoms with Crippen LogP contribution in [0.4, 0.5) is 52.7 Å². The van der Waals surface area contributed by atoms with Crippen molar-refractivity contribution in [3.05, 3.63) is 446 Å². The zero-order valence-corrected chi connectivity index (χ0v) is 75.3. The smallest absolute Gasteiger partial charge is 0.309 e. The highest BCUT2D eigenvalue weighted by Gasteiger charge is 2.44. The molecule has 0 saturated carbocycles. The maximum Gasteiger partial charge on any atom is 0.417 e. The van der Waals surface area contributed by atoms with Crippen molar-refractivity contribution in [1.82, 2.24) is 38.2 Å². The molecule has 16 aromatic carbocycles. The minimum atomic E-state index is -5.42. The largest absolute Gasteiger partial charge is 0.417 e. The standard InChI is InChI=1S/C122H68F12N10/c123-119(124,125)81-52-56-94(120(126,127)128)89(66-81)91-67-110(143-104-44-16-13-32-82(104)85-53-48-77(62-112(85)143)102-43-23-40-99(139-102)73-28-9-3-10-29-73)79(69-135)64-114(91)144-105-45-17-14-33-83(105)86-54-49-78(63-113(86)144)118-88(55-57-103(140-118)74-30-11-4-12-31-74)87-35-19-47-109-116(87)92-61-76(101-42-22-39-98(138-101)72-26-7-2-8-27-72)51-59-108(92)142(109)111-68-93(117-95(121(129,130)131)36-20-37-96(117)122(132,133)134)115(65-80(111)70-136)141-106-46-18-15-34-84(106)90-60-75(50-58-107(90)141)100-41-21-38-97(137-100)71-24-5-1-6-25-71/h1-68H. The summed E-state index contributed by atoms with van der Waals surface area (Å²) in [5, 5.41) is 28.6. The van der Waals surface area contributed by atoms with E-state index in [4.69, 9.17) is 19.9 Å². The Hall–Kier alpha value is -18.5. The lowest BCUT2D eigenvalue weighted by atomic mass is 9.90. The Labute approximate surface area is 812 Å². The summed E-state index contributed by atoms with van der Waals surface area (Å²) in [6, 6.07) is 120. The van der Waals surface area contributed by atoms with Crippen LogP contribution in [0, 0.1) is 22.7 Å². The van der Waals surface area contributed by atoms with E-state index in [2.05, 4.69) is 12.1 Å². The Morgan fingerprint density at radius 1 is 0.201 bits per heavy atom. The number of alkyl halides is 12. The van der Waals surface area contributed by atoms with Gasteiger partial charge in [-0.2, -0.15) is 63.2 Å². The summed E-state index contributed by atoms with van der Waals surface area (Å²) in [5.74, 6) is 0. The molecular formula is C122H68F12N10. The van der Waals surface area contributed by atoms with Crippen LogP contribution in [0.15, 0.2) is 413 Å². The number of aromatic nitrogens is 8. The van der Waals surface area contributed by atoms with Gasteiger partial charge in [0.1, 0.15) is 12.1 Å². The molecule has 8 aromatic heterocycles. The molecule has 0 fully saturated rings. The van der Waals surface area contributed by atoms with Crippen LogP contribution < -0.4 is 0 Å². The summed E-state index contributed by atoms with van der Waals surface area (Å²) in [6.45, 7) is 0. The molecule has 0 saturated heterocycles. The fourth-order valence-corrected chi connectivity index (χ4v) is 20.6. The van der Waals surface area contributed by atoms with E-state index in [1.807, 2.05) is 255 Å². The van der Waals surface area contributed by atoms with Crippen molar-refractivity contribution >= 4 is 87.2 Å². The second-order valence-electron chi connectivity index (χ2n) is 35.3. The third-order valence-corrected chi connectivity index (χ3v) is 27.0. The fourth-order valence-electron chi connectivity index (χ4n) is 20.6. The maximum atomic E-state index is 16.5. The molecule has 144 heavy (non-hydrogen) atoms. The van der Waals surface area contributed by atoms with Crippen LogP contribution in [0.5, 0.6) is 0 Å². The Morgan fingerprint density at radius 2 is 0.556 bits per heavy atom. The van der Waals surface area contributed by atoms with Crippen molar-refractivity contribution in [1.29, 1.82) is 10.5 Å². The topological polar surface area (TPSA) is 119 Å². The number of benzene rings is 16. The molecule has 22 heteroatoms. The van der Waals surface area contributed by atoms with Gasteiger partial charge in [0, 0.05) is 110 Å². The van der Waals surface area contributed by atoms with Crippen molar-refractivity contribution in [3.8, 4) is 158 Å². The predicted octanol–water partition coefficient (Wildman–Crippen LogP) is 33.8. The minimum absolute atomic E-state index is 0.0291. The molecular weight excluding hydrogens is 1830 g/mol. The molecule has 690 valence electrons. The molecule has 10 nitrogen and oxygen atoms in total. The van der Waals surface area contributed by atoms with E-state index in [1.165, 1.54) is 24.3 Å². The fraction of sp³-hybridized carbons (Fsp3) is 0.0328. The minimum Gasteiger partial charge on any atom is -0.309 e. The number of pyridine rings is 4. The van der Waals surface area contributed by atoms with Gasteiger partial charge in [0.25, 0.3) is 0 Å². The van der Waals surface area contributed by atoms with Gasteiger partial charge in [-0.05, 0) is 175 Å². The zero-order chi connectivity index (χ0) is 98.3. The summed E-state index contributed by atoms with van der Waals surface area (Å²) >= 11 is 0. The number of para-hydroxylation sites is 3. The highest BCUT2D eigenvalue weighted by molar-refractivity contribution is 6.19. The average Bonchev–Trinajstić information content (AvgIpc) is 1.54. The normalized spacial score (nSPS) is 12.2. The van der Waals surface area contributed by atoms with Crippen LogP contribution in [-0.4, -0.2) is 38.2 Å². The molecule has 0 amide bonds. The van der Waals surface area contributed by atoms with Crippen molar-refractivity contribution in [2.24, 2.45) is 0 Å². The van der Waals surface area contributed by atoms with Crippen molar-refractivity contribution < 1.29 is 52.7 Å². The lowest BCUT2D eigenvalue weighted by molar-refractivity contribution is -0.142. The van der Waals surface area contributed by atoms with Gasteiger partial charge < -0.3 is 18.3 Å². The zero-order valence-electron chi connectivity index (χ0n) is 75.3. The van der Waals surface area contributed by atoms with Gasteiger partial charge in [0.2, 0.25) is 0 Å². The second kappa shape index (κ2) is 34.2. The molecule has 0 N–H and O–H groups in total. The molecule has 8 heterocycles. The van der Waals surface area contributed by atoms with Crippen molar-refractivity contribution in [2.75, 3.05) is 0 Å². The maximum absolute atomic E-state index is 16.5. The first-order valence-corrected chi connectivity index (χ1v) is 45.9. The van der Waals surface area contributed by atoms with Crippen LogP contribution >= 0.6 is 0 Å². The number of fused-ring (bicyclic) bond motifs is 12. The van der Waals surface area contributed by atoms with Crippen molar-refractivity contribution in [3.63, 3.8) is 0 Å². The van der Waals surface area contributed by atoms with Gasteiger partial charge in [-0.15, -0.1) is 0 Å². The van der Waals surface area contributed by atoms with Gasteiger partial charge in [-0.3, -0.25) is 0 Å². The molecule has 0 spiro atoms. The van der Waals surface area contributed by atoms with E-state index >= 15 is 52.7 Å². The lowest BCUT2D eigenvalue weighted by Crippen LogP contribution is -2.15. The number of hydrogen-bond acceptors (Lipinski definition) is 6. The van der Waals surface area contributed by atoms with Crippen LogP contribution in [0.25, 0.3) is 233 Å². The molecule has 0 bridgehead atoms. The Balaban J connectivity index is 0.762. The number of halogens is 12. The summed E-state index contributed by atoms with van der Waals surface area (Å²) < 4.78 is 202. The molecule has 0 atom stereocenters. The molecule has 0 aliphatic carbocycles. The SMILES string of the molecule is N#Cc1cc(-n2c3ccccc3c3ccc(-c4nc(-c5ccccc5)ccc4-c4cccc5c4c4cc(-c6cccc(-c7ccccc7)n6)ccc4n5-c4cc(-c5c(C(F)(F)F)cccc5C(F)(F)F)c(-n5c6ccccc6c6cc(-c7cccc(-c8ccccc8)n7)ccc65)cc4C#N)cc32)c(-c2cc(C(F)(F)F)ccc2C(F)(F)F)cc1-n1c2ccccc2c2ccc(-c3cccc(-c4ccccc4)n3)cc21. The molecule has 0 radical (unpaired) electrons. The number of nitriles is 2. The molecule has 24 rings (SSSR count). The van der Waals surface area contributed by atoms with Gasteiger partial charge in [0.15, 0.2) is 0 Å². The Bertz CT molecular complexity index is 9460.